The van der Waals surface area contributed by atoms with Crippen molar-refractivity contribution in [1.82, 2.24) is 9.78 Å². The summed E-state index contributed by atoms with van der Waals surface area (Å²) in [7, 11) is 0. The number of hydrogen-bond acceptors (Lipinski definition) is 2. The van der Waals surface area contributed by atoms with Gasteiger partial charge in [-0.25, -0.2) is 4.68 Å². The second kappa shape index (κ2) is 7.01. The molecule has 2 heterocycles. The van der Waals surface area contributed by atoms with Gasteiger partial charge in [0.15, 0.2) is 0 Å². The van der Waals surface area contributed by atoms with Crippen molar-refractivity contribution in [2.24, 2.45) is 0 Å². The lowest BCUT2D eigenvalue weighted by atomic mass is 10.0. The zero-order valence-corrected chi connectivity index (χ0v) is 16.0. The van der Waals surface area contributed by atoms with E-state index in [2.05, 4.69) is 89.7 Å². The molecule has 0 saturated carbocycles. The van der Waals surface area contributed by atoms with Crippen LogP contribution in [0.2, 0.25) is 0 Å². The van der Waals surface area contributed by atoms with E-state index in [1.165, 1.54) is 27.8 Å². The first-order valence-electron chi connectivity index (χ1n) is 9.94. The molecule has 0 unspecified atom stereocenters. The third-order valence-corrected chi connectivity index (χ3v) is 5.51. The van der Waals surface area contributed by atoms with E-state index in [0.29, 0.717) is 0 Å². The quantitative estimate of drug-likeness (QED) is 0.500. The fourth-order valence-electron chi connectivity index (χ4n) is 3.92. The van der Waals surface area contributed by atoms with E-state index in [4.69, 9.17) is 5.10 Å². The number of anilines is 1. The fourth-order valence-corrected chi connectivity index (χ4v) is 3.92. The Hall–Kier alpha value is -3.33. The highest BCUT2D eigenvalue weighted by molar-refractivity contribution is 5.75. The van der Waals surface area contributed by atoms with Crippen molar-refractivity contribution in [2.75, 3.05) is 11.9 Å². The third kappa shape index (κ3) is 2.89. The molecule has 0 atom stereocenters. The first-order chi connectivity index (χ1) is 13.8. The van der Waals surface area contributed by atoms with Gasteiger partial charge in [0.2, 0.25) is 0 Å². The molecule has 1 aliphatic rings. The van der Waals surface area contributed by atoms with E-state index in [9.17, 15) is 0 Å². The van der Waals surface area contributed by atoms with Crippen molar-refractivity contribution >= 4 is 5.82 Å². The Balaban J connectivity index is 1.54. The van der Waals surface area contributed by atoms with Crippen LogP contribution in [-0.4, -0.2) is 16.3 Å². The molecule has 1 aromatic heterocycles. The van der Waals surface area contributed by atoms with Crippen molar-refractivity contribution in [3.05, 3.63) is 90.0 Å². The Labute approximate surface area is 165 Å². The lowest BCUT2D eigenvalue weighted by Crippen LogP contribution is -2.04. The van der Waals surface area contributed by atoms with Crippen LogP contribution in [0.25, 0.3) is 28.1 Å². The van der Waals surface area contributed by atoms with E-state index in [0.717, 1.165) is 36.6 Å². The van der Waals surface area contributed by atoms with Crippen LogP contribution in [0.5, 0.6) is 0 Å². The van der Waals surface area contributed by atoms with E-state index < -0.39 is 0 Å². The van der Waals surface area contributed by atoms with E-state index in [1.54, 1.807) is 0 Å². The highest BCUT2D eigenvalue weighted by Crippen LogP contribution is 2.35. The molecule has 0 aliphatic carbocycles. The number of benzene rings is 3. The minimum atomic E-state index is 0.968. The van der Waals surface area contributed by atoms with Gasteiger partial charge in [0, 0.05) is 17.7 Å². The molecule has 0 fully saturated rings. The molecule has 0 amide bonds. The molecule has 4 aromatic rings. The summed E-state index contributed by atoms with van der Waals surface area (Å²) in [5.74, 6) is 1.13. The lowest BCUT2D eigenvalue weighted by Gasteiger charge is -2.07. The molecule has 1 aliphatic heterocycles. The van der Waals surface area contributed by atoms with Crippen LogP contribution in [0.3, 0.4) is 0 Å². The Bertz CT molecular complexity index is 1090. The summed E-state index contributed by atoms with van der Waals surface area (Å²) in [4.78, 5) is 0. The number of fused-ring (bicyclic) bond motifs is 1. The zero-order valence-electron chi connectivity index (χ0n) is 16.0. The van der Waals surface area contributed by atoms with Gasteiger partial charge in [-0.3, -0.25) is 0 Å². The summed E-state index contributed by atoms with van der Waals surface area (Å²) < 4.78 is 2.06. The van der Waals surface area contributed by atoms with Gasteiger partial charge < -0.3 is 5.32 Å². The Morgan fingerprint density at radius 2 is 1.50 bits per heavy atom. The van der Waals surface area contributed by atoms with E-state index in [1.807, 2.05) is 6.07 Å². The highest BCUT2D eigenvalue weighted by Gasteiger charge is 2.23. The van der Waals surface area contributed by atoms with Crippen LogP contribution in [-0.2, 0) is 12.8 Å². The number of hydrogen-bond donors (Lipinski definition) is 1. The number of nitrogens with zero attached hydrogens (tertiary/aromatic N) is 2. The van der Waals surface area contributed by atoms with Crippen molar-refractivity contribution in [2.45, 2.75) is 19.8 Å². The summed E-state index contributed by atoms with van der Waals surface area (Å²) in [6, 6.07) is 27.9. The SMILES string of the molecule is CCc1ccc(-n2nc(-c3ccc(-c4ccccc4)cc3)c3c2NCC3)cc1. The van der Waals surface area contributed by atoms with Crippen LogP contribution < -0.4 is 5.32 Å². The molecular weight excluding hydrogens is 342 g/mol. The van der Waals surface area contributed by atoms with Crippen LogP contribution in [0.4, 0.5) is 5.82 Å². The Kier molecular flexibility index (Phi) is 4.21. The van der Waals surface area contributed by atoms with Crippen molar-refractivity contribution in [3.63, 3.8) is 0 Å². The fraction of sp³-hybridized carbons (Fsp3) is 0.160. The van der Waals surface area contributed by atoms with Crippen molar-refractivity contribution in [3.8, 4) is 28.1 Å². The third-order valence-electron chi connectivity index (χ3n) is 5.51. The van der Waals surface area contributed by atoms with Gasteiger partial charge in [0.25, 0.3) is 0 Å². The van der Waals surface area contributed by atoms with Crippen molar-refractivity contribution in [1.29, 1.82) is 0 Å². The molecule has 0 spiro atoms. The molecule has 3 aromatic carbocycles. The summed E-state index contributed by atoms with van der Waals surface area (Å²) in [5.41, 5.74) is 8.48. The van der Waals surface area contributed by atoms with E-state index >= 15 is 0 Å². The molecule has 0 bridgehead atoms. The number of rotatable bonds is 4. The molecule has 1 N–H and O–H groups in total. The normalized spacial score (nSPS) is 12.6. The first-order valence-corrected chi connectivity index (χ1v) is 9.94. The first kappa shape index (κ1) is 16.8. The second-order valence-electron chi connectivity index (χ2n) is 7.23. The van der Waals surface area contributed by atoms with Gasteiger partial charge in [-0.2, -0.15) is 5.10 Å². The minimum absolute atomic E-state index is 0.968. The van der Waals surface area contributed by atoms with Crippen LogP contribution in [0, 0.1) is 0 Å². The number of aryl methyl sites for hydroxylation is 1. The minimum Gasteiger partial charge on any atom is -0.369 e. The molecule has 5 rings (SSSR count). The summed E-state index contributed by atoms with van der Waals surface area (Å²) in [6.07, 6.45) is 2.06. The number of nitrogens with one attached hydrogen (secondary N) is 1. The zero-order chi connectivity index (χ0) is 18.9. The van der Waals surface area contributed by atoms with Gasteiger partial charge in [0.1, 0.15) is 5.82 Å². The van der Waals surface area contributed by atoms with Gasteiger partial charge in [-0.05, 0) is 41.7 Å². The molecule has 0 saturated heterocycles. The lowest BCUT2D eigenvalue weighted by molar-refractivity contribution is 0.881. The maximum atomic E-state index is 4.98. The van der Waals surface area contributed by atoms with E-state index in [-0.39, 0.29) is 0 Å². The topological polar surface area (TPSA) is 29.9 Å². The number of aromatic nitrogens is 2. The average molecular weight is 365 g/mol. The molecular formula is C25H23N3. The van der Waals surface area contributed by atoms with Gasteiger partial charge in [-0.1, -0.05) is 73.7 Å². The monoisotopic (exact) mass is 365 g/mol. The predicted octanol–water partition coefficient (Wildman–Crippen LogP) is 5.74. The summed E-state index contributed by atoms with van der Waals surface area (Å²) in [6.45, 7) is 3.15. The average Bonchev–Trinajstić information content (AvgIpc) is 3.38. The van der Waals surface area contributed by atoms with Crippen LogP contribution in [0.15, 0.2) is 78.9 Å². The standard InChI is InChI=1S/C25H23N3/c1-2-18-8-14-22(15-9-18)28-25-23(16-17-26-25)24(27-28)21-12-10-20(11-13-21)19-6-4-3-5-7-19/h3-15,26H,2,16-17H2,1H3. The smallest absolute Gasteiger partial charge is 0.133 e. The highest BCUT2D eigenvalue weighted by atomic mass is 15.3. The van der Waals surface area contributed by atoms with Gasteiger partial charge in [0.05, 0.1) is 11.4 Å². The van der Waals surface area contributed by atoms with Gasteiger partial charge >= 0.3 is 0 Å². The van der Waals surface area contributed by atoms with Crippen LogP contribution in [0.1, 0.15) is 18.1 Å². The maximum absolute atomic E-state index is 4.98. The maximum Gasteiger partial charge on any atom is 0.133 e. The molecule has 3 heteroatoms. The Morgan fingerprint density at radius 1 is 0.821 bits per heavy atom. The Morgan fingerprint density at radius 3 is 2.21 bits per heavy atom. The van der Waals surface area contributed by atoms with Gasteiger partial charge in [-0.15, -0.1) is 0 Å². The summed E-state index contributed by atoms with van der Waals surface area (Å²) in [5, 5.41) is 8.51. The molecule has 28 heavy (non-hydrogen) atoms. The predicted molar refractivity (Wildman–Crippen MR) is 116 cm³/mol. The van der Waals surface area contributed by atoms with Crippen LogP contribution >= 0.6 is 0 Å². The second-order valence-corrected chi connectivity index (χ2v) is 7.23. The molecule has 138 valence electrons. The van der Waals surface area contributed by atoms with Crippen molar-refractivity contribution < 1.29 is 0 Å². The summed E-state index contributed by atoms with van der Waals surface area (Å²) >= 11 is 0. The largest absolute Gasteiger partial charge is 0.369 e. The molecule has 0 radical (unpaired) electrons. The molecule has 3 nitrogen and oxygen atoms in total.